The molecule has 0 aliphatic heterocycles. The van der Waals surface area contributed by atoms with Gasteiger partial charge in [-0.2, -0.15) is 24.4 Å². The van der Waals surface area contributed by atoms with E-state index in [2.05, 4.69) is 28.6 Å². The van der Waals surface area contributed by atoms with Crippen LogP contribution >= 0.6 is 24.4 Å². The van der Waals surface area contributed by atoms with Crippen LogP contribution in [0.1, 0.15) is 26.7 Å². The van der Waals surface area contributed by atoms with Gasteiger partial charge in [-0.3, -0.25) is 19.2 Å². The number of hydrogen-bond acceptors (Lipinski definition) is 8. The van der Waals surface area contributed by atoms with Crippen LogP contribution in [0.25, 0.3) is 0 Å². The third-order valence-electron chi connectivity index (χ3n) is 4.03. The summed E-state index contributed by atoms with van der Waals surface area (Å²) in [5.41, 5.74) is 5.81. The lowest BCUT2D eigenvalue weighted by atomic mass is 10.0. The van der Waals surface area contributed by atoms with E-state index in [0.29, 0.717) is 12.2 Å². The second-order valence-electron chi connectivity index (χ2n) is 6.86. The molecule has 0 saturated heterocycles. The summed E-state index contributed by atoms with van der Waals surface area (Å²) in [4.78, 5) is 59.0. The standard InChI is InChI=1S/C17H30N4O7S2/c1-8(2)13(21-14(24)9(18)4-5-30-3)16(26)20-11(7-29)15(25)19-10(17(27)28)6-12(22)23/h8-11,13,29H,4-7,18H2,1-3H3,(H,19,25)(H,20,26)(H,21,24)(H,22,23)(H,27,28). The average molecular weight is 467 g/mol. The van der Waals surface area contributed by atoms with Crippen LogP contribution in [0.3, 0.4) is 0 Å². The van der Waals surface area contributed by atoms with Crippen LogP contribution in [0.15, 0.2) is 0 Å². The molecule has 4 unspecified atom stereocenters. The van der Waals surface area contributed by atoms with E-state index >= 15 is 0 Å². The summed E-state index contributed by atoms with van der Waals surface area (Å²) in [5, 5.41) is 24.8. The van der Waals surface area contributed by atoms with Crippen molar-refractivity contribution in [3.8, 4) is 0 Å². The number of carbonyl (C=O) groups is 5. The molecule has 3 amide bonds. The second-order valence-corrected chi connectivity index (χ2v) is 8.21. The van der Waals surface area contributed by atoms with Crippen LogP contribution in [0.5, 0.6) is 0 Å². The van der Waals surface area contributed by atoms with E-state index in [0.717, 1.165) is 0 Å². The van der Waals surface area contributed by atoms with Crippen molar-refractivity contribution < 1.29 is 34.2 Å². The maximum atomic E-state index is 12.6. The molecule has 4 atom stereocenters. The first-order chi connectivity index (χ1) is 13.9. The number of amides is 3. The molecule has 0 aromatic carbocycles. The highest BCUT2D eigenvalue weighted by atomic mass is 32.2. The molecule has 0 spiro atoms. The maximum absolute atomic E-state index is 12.6. The van der Waals surface area contributed by atoms with Gasteiger partial charge in [0.15, 0.2) is 0 Å². The fraction of sp³-hybridized carbons (Fsp3) is 0.706. The minimum Gasteiger partial charge on any atom is -0.481 e. The van der Waals surface area contributed by atoms with Crippen molar-refractivity contribution in [2.24, 2.45) is 11.7 Å². The summed E-state index contributed by atoms with van der Waals surface area (Å²) >= 11 is 5.52. The Hall–Kier alpha value is -1.99. The Labute approximate surface area is 184 Å². The minimum absolute atomic E-state index is 0.178. The van der Waals surface area contributed by atoms with Gasteiger partial charge < -0.3 is 31.9 Å². The molecule has 0 aliphatic rings. The highest BCUT2D eigenvalue weighted by molar-refractivity contribution is 7.98. The van der Waals surface area contributed by atoms with Gasteiger partial charge in [0.1, 0.15) is 18.1 Å². The van der Waals surface area contributed by atoms with Crippen LogP contribution in [-0.4, -0.2) is 81.8 Å². The molecule has 0 aliphatic carbocycles. The molecule has 0 aromatic heterocycles. The van der Waals surface area contributed by atoms with Crippen LogP contribution in [0, 0.1) is 5.92 Å². The van der Waals surface area contributed by atoms with E-state index in [4.69, 9.17) is 15.9 Å². The molecule has 0 heterocycles. The van der Waals surface area contributed by atoms with E-state index in [1.165, 1.54) is 11.8 Å². The maximum Gasteiger partial charge on any atom is 0.326 e. The number of hydrogen-bond donors (Lipinski definition) is 7. The predicted octanol–water partition coefficient (Wildman–Crippen LogP) is -1.33. The molecule has 0 saturated carbocycles. The van der Waals surface area contributed by atoms with E-state index in [1.807, 2.05) is 6.26 Å². The summed E-state index contributed by atoms with van der Waals surface area (Å²) < 4.78 is 0. The summed E-state index contributed by atoms with van der Waals surface area (Å²) in [7, 11) is 0. The fourth-order valence-corrected chi connectivity index (χ4v) is 3.02. The molecular formula is C17H30N4O7S2. The van der Waals surface area contributed by atoms with Crippen molar-refractivity contribution in [3.05, 3.63) is 0 Å². The lowest BCUT2D eigenvalue weighted by molar-refractivity contribution is -0.147. The van der Waals surface area contributed by atoms with Crippen molar-refractivity contribution in [2.45, 2.75) is 50.9 Å². The van der Waals surface area contributed by atoms with Gasteiger partial charge >= 0.3 is 11.9 Å². The van der Waals surface area contributed by atoms with Crippen LogP contribution in [-0.2, 0) is 24.0 Å². The van der Waals surface area contributed by atoms with Gasteiger partial charge in [0, 0.05) is 5.75 Å². The third-order valence-corrected chi connectivity index (χ3v) is 5.03. The molecule has 172 valence electrons. The summed E-state index contributed by atoms with van der Waals surface area (Å²) in [5.74, 6) is -4.84. The molecule has 0 radical (unpaired) electrons. The first-order valence-corrected chi connectivity index (χ1v) is 11.2. The predicted molar refractivity (Wildman–Crippen MR) is 115 cm³/mol. The monoisotopic (exact) mass is 466 g/mol. The third kappa shape index (κ3) is 10.2. The molecule has 0 bridgehead atoms. The largest absolute Gasteiger partial charge is 0.481 e. The zero-order chi connectivity index (χ0) is 23.4. The lowest BCUT2D eigenvalue weighted by Gasteiger charge is -2.26. The Kier molecular flexibility index (Phi) is 13.2. The minimum atomic E-state index is -1.66. The SMILES string of the molecule is CSCCC(N)C(=O)NC(C(=O)NC(CS)C(=O)NC(CC(=O)O)C(=O)O)C(C)C. The Balaban J connectivity index is 5.13. The summed E-state index contributed by atoms with van der Waals surface area (Å²) in [6.07, 6.45) is 1.48. The Morgan fingerprint density at radius 1 is 0.967 bits per heavy atom. The number of nitrogens with one attached hydrogen (secondary N) is 3. The molecular weight excluding hydrogens is 436 g/mol. The van der Waals surface area contributed by atoms with E-state index in [1.54, 1.807) is 13.8 Å². The number of thioether (sulfide) groups is 1. The average Bonchev–Trinajstić information content (AvgIpc) is 2.66. The highest BCUT2D eigenvalue weighted by Gasteiger charge is 2.31. The Morgan fingerprint density at radius 3 is 1.97 bits per heavy atom. The van der Waals surface area contributed by atoms with E-state index in [-0.39, 0.29) is 11.7 Å². The topological polar surface area (TPSA) is 188 Å². The second kappa shape index (κ2) is 14.1. The molecule has 0 aromatic rings. The molecule has 13 heteroatoms. The first-order valence-electron chi connectivity index (χ1n) is 9.15. The molecule has 0 rings (SSSR count). The van der Waals surface area contributed by atoms with Gasteiger partial charge in [-0.15, -0.1) is 0 Å². The van der Waals surface area contributed by atoms with Crippen LogP contribution < -0.4 is 21.7 Å². The zero-order valence-corrected chi connectivity index (χ0v) is 18.8. The smallest absolute Gasteiger partial charge is 0.326 e. The normalized spacial score (nSPS) is 14.9. The number of nitrogens with two attached hydrogens (primary N) is 1. The van der Waals surface area contributed by atoms with Crippen molar-refractivity contribution >= 4 is 54.1 Å². The van der Waals surface area contributed by atoms with Crippen LogP contribution in [0.4, 0.5) is 0 Å². The quantitative estimate of drug-likeness (QED) is 0.152. The molecule has 7 N–H and O–H groups in total. The van der Waals surface area contributed by atoms with Crippen molar-refractivity contribution in [3.63, 3.8) is 0 Å². The molecule has 30 heavy (non-hydrogen) atoms. The summed E-state index contributed by atoms with van der Waals surface area (Å²) in [6, 6.07) is -4.67. The number of carbonyl (C=O) groups excluding carboxylic acids is 3. The number of aliphatic carboxylic acids is 2. The number of carboxylic acid groups (broad SMARTS) is 2. The Morgan fingerprint density at radius 2 is 1.53 bits per heavy atom. The van der Waals surface area contributed by atoms with Crippen LogP contribution in [0.2, 0.25) is 0 Å². The fourth-order valence-electron chi connectivity index (χ4n) is 2.27. The lowest BCUT2D eigenvalue weighted by Crippen LogP contribution is -2.59. The molecule has 11 nitrogen and oxygen atoms in total. The van der Waals surface area contributed by atoms with Gasteiger partial charge in [0.2, 0.25) is 17.7 Å². The van der Waals surface area contributed by atoms with Gasteiger partial charge in [-0.25, -0.2) is 4.79 Å². The van der Waals surface area contributed by atoms with Crippen molar-refractivity contribution in [2.75, 3.05) is 17.8 Å². The van der Waals surface area contributed by atoms with Gasteiger partial charge in [0.25, 0.3) is 0 Å². The van der Waals surface area contributed by atoms with Crippen molar-refractivity contribution in [1.29, 1.82) is 0 Å². The van der Waals surface area contributed by atoms with Crippen molar-refractivity contribution in [1.82, 2.24) is 16.0 Å². The van der Waals surface area contributed by atoms with Gasteiger partial charge in [-0.05, 0) is 24.3 Å². The number of thiol groups is 1. The highest BCUT2D eigenvalue weighted by Crippen LogP contribution is 2.06. The zero-order valence-electron chi connectivity index (χ0n) is 17.1. The Bertz CT molecular complexity index is 633. The summed E-state index contributed by atoms with van der Waals surface area (Å²) in [6.45, 7) is 3.39. The van der Waals surface area contributed by atoms with E-state index in [9.17, 15) is 24.0 Å². The van der Waals surface area contributed by atoms with Gasteiger partial charge in [0.05, 0.1) is 12.5 Å². The van der Waals surface area contributed by atoms with E-state index < -0.39 is 60.2 Å². The molecule has 0 fully saturated rings. The van der Waals surface area contributed by atoms with Gasteiger partial charge in [-0.1, -0.05) is 13.8 Å². The number of rotatable bonds is 14. The number of carboxylic acids is 2. The first kappa shape index (κ1) is 28.0.